The predicted molar refractivity (Wildman–Crippen MR) is 64.1 cm³/mol. The maximum absolute atomic E-state index is 11.4. The number of likely N-dealkylation sites (tertiary alicyclic amines) is 1. The highest BCUT2D eigenvalue weighted by Gasteiger charge is 2.46. The number of hydrogen-bond acceptors (Lipinski definition) is 2. The number of nitrogens with zero attached hydrogens (tertiary/aromatic N) is 1. The third-order valence-electron chi connectivity index (χ3n) is 3.05. The summed E-state index contributed by atoms with van der Waals surface area (Å²) in [6.45, 7) is 7.31. The van der Waals surface area contributed by atoms with Crippen molar-refractivity contribution in [2.45, 2.75) is 38.1 Å². The fraction of sp³-hybridized carbons (Fsp3) is 0.727. The van der Waals surface area contributed by atoms with Gasteiger partial charge in [-0.15, -0.1) is 0 Å². The number of carboxylic acids is 1. The van der Waals surface area contributed by atoms with Crippen molar-refractivity contribution in [2.75, 3.05) is 13.1 Å². The van der Waals surface area contributed by atoms with Crippen LogP contribution in [0.3, 0.4) is 0 Å². The lowest BCUT2D eigenvalue weighted by Gasteiger charge is -2.34. The summed E-state index contributed by atoms with van der Waals surface area (Å²) in [7, 11) is 0. The number of hydrogen-bond donors (Lipinski definition) is 1. The first-order valence-corrected chi connectivity index (χ1v) is 6.14. The molecule has 0 aliphatic carbocycles. The van der Waals surface area contributed by atoms with Crippen LogP contribution in [0.25, 0.3) is 0 Å². The van der Waals surface area contributed by atoms with Gasteiger partial charge in [-0.3, -0.25) is 9.69 Å². The van der Waals surface area contributed by atoms with Gasteiger partial charge in [0.25, 0.3) is 0 Å². The van der Waals surface area contributed by atoms with Crippen LogP contribution in [0.4, 0.5) is 0 Å². The Labute approximate surface area is 99.3 Å². The van der Waals surface area contributed by atoms with Crippen molar-refractivity contribution >= 4 is 21.9 Å². The summed E-state index contributed by atoms with van der Waals surface area (Å²) < 4.78 is 0.853. The Hall–Kier alpha value is -0.350. The van der Waals surface area contributed by atoms with E-state index in [-0.39, 0.29) is 0 Å². The van der Waals surface area contributed by atoms with Gasteiger partial charge in [0.1, 0.15) is 5.54 Å². The zero-order chi connectivity index (χ0) is 11.5. The molecule has 1 saturated heterocycles. The Balaban J connectivity index is 2.84. The number of carbonyl (C=O) groups is 1. The zero-order valence-electron chi connectivity index (χ0n) is 9.13. The molecule has 3 nitrogen and oxygen atoms in total. The van der Waals surface area contributed by atoms with E-state index in [0.29, 0.717) is 6.54 Å². The van der Waals surface area contributed by atoms with Gasteiger partial charge in [0, 0.05) is 11.0 Å². The van der Waals surface area contributed by atoms with Gasteiger partial charge >= 0.3 is 5.97 Å². The van der Waals surface area contributed by atoms with Gasteiger partial charge in [0.2, 0.25) is 0 Å². The van der Waals surface area contributed by atoms with E-state index in [0.717, 1.165) is 36.7 Å². The molecule has 1 aliphatic heterocycles. The van der Waals surface area contributed by atoms with E-state index in [2.05, 4.69) is 22.5 Å². The molecule has 1 heterocycles. The lowest BCUT2D eigenvalue weighted by atomic mass is 9.90. The Morgan fingerprint density at radius 2 is 2.33 bits per heavy atom. The largest absolute Gasteiger partial charge is 0.480 e. The molecule has 1 aliphatic rings. The molecule has 1 N–H and O–H groups in total. The maximum atomic E-state index is 11.4. The summed E-state index contributed by atoms with van der Waals surface area (Å²) in [6.07, 6.45) is 3.35. The van der Waals surface area contributed by atoms with E-state index in [4.69, 9.17) is 0 Å². The van der Waals surface area contributed by atoms with Crippen LogP contribution < -0.4 is 0 Å². The standard InChI is InChI=1S/C11H18BrNO2/c1-3-5-11(10(14)15)6-4-7-13(11)8-9(2)12/h2-8H2,1H3,(H,14,15). The summed E-state index contributed by atoms with van der Waals surface area (Å²) in [4.78, 5) is 13.5. The summed E-state index contributed by atoms with van der Waals surface area (Å²) in [5, 5.41) is 9.39. The Morgan fingerprint density at radius 1 is 1.67 bits per heavy atom. The molecule has 0 aromatic rings. The summed E-state index contributed by atoms with van der Waals surface area (Å²) >= 11 is 3.31. The maximum Gasteiger partial charge on any atom is 0.324 e. The number of rotatable bonds is 5. The van der Waals surface area contributed by atoms with Crippen molar-refractivity contribution < 1.29 is 9.90 Å². The Kier molecular flexibility index (Phi) is 4.34. The fourth-order valence-electron chi connectivity index (χ4n) is 2.42. The van der Waals surface area contributed by atoms with Crippen LogP contribution in [-0.4, -0.2) is 34.6 Å². The first-order valence-electron chi connectivity index (χ1n) is 5.34. The highest BCUT2D eigenvalue weighted by molar-refractivity contribution is 9.11. The van der Waals surface area contributed by atoms with Crippen LogP contribution in [0.5, 0.6) is 0 Å². The first-order chi connectivity index (χ1) is 7.03. The monoisotopic (exact) mass is 275 g/mol. The van der Waals surface area contributed by atoms with E-state index in [1.807, 2.05) is 11.8 Å². The molecule has 0 spiro atoms. The van der Waals surface area contributed by atoms with Crippen LogP contribution in [0.15, 0.2) is 11.1 Å². The van der Waals surface area contributed by atoms with Crippen molar-refractivity contribution in [2.24, 2.45) is 0 Å². The van der Waals surface area contributed by atoms with Gasteiger partial charge in [-0.2, -0.15) is 0 Å². The summed E-state index contributed by atoms with van der Waals surface area (Å²) in [5.74, 6) is -0.685. The zero-order valence-corrected chi connectivity index (χ0v) is 10.7. The highest BCUT2D eigenvalue weighted by atomic mass is 79.9. The van der Waals surface area contributed by atoms with Crippen molar-refractivity contribution in [1.29, 1.82) is 0 Å². The van der Waals surface area contributed by atoms with E-state index >= 15 is 0 Å². The molecule has 0 radical (unpaired) electrons. The quantitative estimate of drug-likeness (QED) is 0.839. The molecular formula is C11H18BrNO2. The molecule has 0 aromatic heterocycles. The minimum absolute atomic E-state index is 0.631. The highest BCUT2D eigenvalue weighted by Crippen LogP contribution is 2.34. The second-order valence-electron chi connectivity index (χ2n) is 4.13. The minimum Gasteiger partial charge on any atom is -0.480 e. The van der Waals surface area contributed by atoms with Crippen LogP contribution in [-0.2, 0) is 4.79 Å². The molecule has 0 amide bonds. The molecule has 4 heteroatoms. The minimum atomic E-state index is -0.685. The average molecular weight is 276 g/mol. The molecule has 15 heavy (non-hydrogen) atoms. The van der Waals surface area contributed by atoms with E-state index in [9.17, 15) is 9.90 Å². The molecule has 86 valence electrons. The average Bonchev–Trinajstić information content (AvgIpc) is 2.49. The van der Waals surface area contributed by atoms with Gasteiger partial charge in [0.05, 0.1) is 0 Å². The normalized spacial score (nSPS) is 26.8. The van der Waals surface area contributed by atoms with Crippen molar-refractivity contribution in [1.82, 2.24) is 4.90 Å². The lowest BCUT2D eigenvalue weighted by molar-refractivity contribution is -0.150. The van der Waals surface area contributed by atoms with Gasteiger partial charge < -0.3 is 5.11 Å². The van der Waals surface area contributed by atoms with E-state index < -0.39 is 11.5 Å². The smallest absolute Gasteiger partial charge is 0.324 e. The first kappa shape index (κ1) is 12.7. The Bertz CT molecular complexity index is 267. The van der Waals surface area contributed by atoms with Gasteiger partial charge in [-0.25, -0.2) is 0 Å². The second-order valence-corrected chi connectivity index (χ2v) is 5.25. The molecule has 1 fully saturated rings. The van der Waals surface area contributed by atoms with Gasteiger partial charge in [-0.05, 0) is 25.8 Å². The van der Waals surface area contributed by atoms with Crippen LogP contribution in [0, 0.1) is 0 Å². The molecular weight excluding hydrogens is 258 g/mol. The Morgan fingerprint density at radius 3 is 2.80 bits per heavy atom. The van der Waals surface area contributed by atoms with Crippen LogP contribution in [0.1, 0.15) is 32.6 Å². The fourth-order valence-corrected chi connectivity index (χ4v) is 2.72. The van der Waals surface area contributed by atoms with Crippen molar-refractivity contribution in [3.05, 3.63) is 11.1 Å². The lowest BCUT2D eigenvalue weighted by Crippen LogP contribution is -2.50. The summed E-state index contributed by atoms with van der Waals surface area (Å²) in [6, 6.07) is 0. The molecule has 0 bridgehead atoms. The number of carboxylic acid groups (broad SMARTS) is 1. The topological polar surface area (TPSA) is 40.5 Å². The van der Waals surface area contributed by atoms with Crippen LogP contribution >= 0.6 is 15.9 Å². The molecule has 1 rings (SSSR count). The SMILES string of the molecule is C=C(Br)CN1CCCC1(CCC)C(=O)O. The molecule has 0 aromatic carbocycles. The van der Waals surface area contributed by atoms with Crippen LogP contribution in [0.2, 0.25) is 0 Å². The molecule has 1 atom stereocenters. The third-order valence-corrected chi connectivity index (χ3v) is 3.30. The van der Waals surface area contributed by atoms with Gasteiger partial charge in [-0.1, -0.05) is 35.9 Å². The number of halogens is 1. The van der Waals surface area contributed by atoms with Gasteiger partial charge in [0.15, 0.2) is 0 Å². The third kappa shape index (κ3) is 2.61. The predicted octanol–water partition coefficient (Wildman–Crippen LogP) is 2.61. The van der Waals surface area contributed by atoms with E-state index in [1.165, 1.54) is 0 Å². The second kappa shape index (κ2) is 5.12. The van der Waals surface area contributed by atoms with E-state index in [1.54, 1.807) is 0 Å². The van der Waals surface area contributed by atoms with Crippen molar-refractivity contribution in [3.63, 3.8) is 0 Å². The summed E-state index contributed by atoms with van der Waals surface area (Å²) in [5.41, 5.74) is -0.647. The van der Waals surface area contributed by atoms with Crippen molar-refractivity contribution in [3.8, 4) is 0 Å². The number of aliphatic carboxylic acids is 1. The molecule has 1 unspecified atom stereocenters. The molecule has 0 saturated carbocycles.